The van der Waals surface area contributed by atoms with Crippen molar-refractivity contribution in [3.8, 4) is 51.0 Å². The van der Waals surface area contributed by atoms with Gasteiger partial charge in [0.1, 0.15) is 11.2 Å². The van der Waals surface area contributed by atoms with E-state index < -0.39 is 0 Å². The standard InChI is InChI=1S/C51H30N4OS/c1-3-13-31(14-4-1)33-17-11-18-34(29-33)50-52-49(32-15-5-2-6-16-32)53-51(54-50)40-21-12-23-44-46(40)41-30-35(25-28-43(41)56-44)55-42-22-9-7-19-36(42)38-26-27-39-37-20-8-10-24-45(37)57-48(39)47(38)55/h1-30H. The third-order valence-corrected chi connectivity index (χ3v) is 12.2. The highest BCUT2D eigenvalue weighted by molar-refractivity contribution is 7.26. The molecule has 0 aliphatic rings. The van der Waals surface area contributed by atoms with Gasteiger partial charge in [0, 0.05) is 59.4 Å². The highest BCUT2D eigenvalue weighted by Crippen LogP contribution is 2.44. The molecule has 0 bridgehead atoms. The Morgan fingerprint density at radius 2 is 1.09 bits per heavy atom. The average Bonchev–Trinajstić information content (AvgIpc) is 3.96. The number of fused-ring (bicyclic) bond motifs is 10. The summed E-state index contributed by atoms with van der Waals surface area (Å²) in [5.41, 5.74) is 10.0. The third-order valence-electron chi connectivity index (χ3n) is 11.1. The maximum absolute atomic E-state index is 6.59. The molecule has 4 aromatic heterocycles. The van der Waals surface area contributed by atoms with Crippen LogP contribution in [0.15, 0.2) is 186 Å². The summed E-state index contributed by atoms with van der Waals surface area (Å²) in [5.74, 6) is 1.81. The molecule has 12 aromatic rings. The second kappa shape index (κ2) is 12.6. The van der Waals surface area contributed by atoms with Crippen LogP contribution in [0.2, 0.25) is 0 Å². The highest BCUT2D eigenvalue weighted by atomic mass is 32.1. The van der Waals surface area contributed by atoms with Gasteiger partial charge < -0.3 is 8.98 Å². The second-order valence-corrected chi connectivity index (χ2v) is 15.4. The van der Waals surface area contributed by atoms with Gasteiger partial charge in [-0.2, -0.15) is 0 Å². The van der Waals surface area contributed by atoms with Crippen LogP contribution in [0.3, 0.4) is 0 Å². The van der Waals surface area contributed by atoms with Crippen molar-refractivity contribution in [2.24, 2.45) is 0 Å². The Kier molecular flexibility index (Phi) is 7.03. The number of hydrogen-bond donors (Lipinski definition) is 0. The van der Waals surface area contributed by atoms with E-state index in [1.807, 2.05) is 59.9 Å². The van der Waals surface area contributed by atoms with Crippen LogP contribution < -0.4 is 0 Å². The van der Waals surface area contributed by atoms with E-state index in [0.29, 0.717) is 17.5 Å². The van der Waals surface area contributed by atoms with Crippen LogP contribution >= 0.6 is 11.3 Å². The van der Waals surface area contributed by atoms with E-state index in [-0.39, 0.29) is 0 Å². The Morgan fingerprint density at radius 1 is 0.421 bits per heavy atom. The van der Waals surface area contributed by atoms with E-state index in [0.717, 1.165) is 61.0 Å². The first kappa shape index (κ1) is 31.9. The summed E-state index contributed by atoms with van der Waals surface area (Å²) in [6, 6.07) is 63.6. The van der Waals surface area contributed by atoms with Gasteiger partial charge in [-0.15, -0.1) is 11.3 Å². The monoisotopic (exact) mass is 746 g/mol. The summed E-state index contributed by atoms with van der Waals surface area (Å²) in [6.45, 7) is 0. The number of furan rings is 1. The molecular weight excluding hydrogens is 717 g/mol. The predicted octanol–water partition coefficient (Wildman–Crippen LogP) is 13.9. The fourth-order valence-corrected chi connectivity index (χ4v) is 9.69. The molecule has 0 saturated carbocycles. The SMILES string of the molecule is c1ccc(-c2cccc(-c3nc(-c4ccccc4)nc(-c4cccc5oc6ccc(-n7c8ccccc8c8ccc9c%10ccccc%10sc9c87)cc6c45)n3)c2)cc1. The lowest BCUT2D eigenvalue weighted by Gasteiger charge is -2.11. The zero-order valence-electron chi connectivity index (χ0n) is 30.4. The van der Waals surface area contributed by atoms with Crippen LogP contribution in [0.25, 0.3) is 115 Å². The van der Waals surface area contributed by atoms with Crippen LogP contribution in [0, 0.1) is 0 Å². The molecule has 0 unspecified atom stereocenters. The fraction of sp³-hybridized carbons (Fsp3) is 0. The van der Waals surface area contributed by atoms with Crippen molar-refractivity contribution < 1.29 is 4.42 Å². The summed E-state index contributed by atoms with van der Waals surface area (Å²) in [6.07, 6.45) is 0. The third kappa shape index (κ3) is 5.04. The first-order chi connectivity index (χ1) is 28.2. The molecule has 4 heterocycles. The normalized spacial score (nSPS) is 11.9. The molecule has 5 nitrogen and oxygen atoms in total. The number of thiophene rings is 1. The summed E-state index contributed by atoms with van der Waals surface area (Å²) >= 11 is 1.86. The largest absolute Gasteiger partial charge is 0.456 e. The zero-order valence-corrected chi connectivity index (χ0v) is 31.2. The molecule has 8 aromatic carbocycles. The van der Waals surface area contributed by atoms with Gasteiger partial charge in [0.15, 0.2) is 17.5 Å². The summed E-state index contributed by atoms with van der Waals surface area (Å²) in [4.78, 5) is 15.4. The number of para-hydroxylation sites is 1. The molecule has 0 amide bonds. The number of aromatic nitrogens is 4. The van der Waals surface area contributed by atoms with Gasteiger partial charge in [0.2, 0.25) is 0 Å². The van der Waals surface area contributed by atoms with Crippen LogP contribution in [-0.4, -0.2) is 19.5 Å². The smallest absolute Gasteiger partial charge is 0.164 e. The molecule has 0 aliphatic carbocycles. The van der Waals surface area contributed by atoms with Crippen molar-refractivity contribution in [2.45, 2.75) is 0 Å². The average molecular weight is 747 g/mol. The highest BCUT2D eigenvalue weighted by Gasteiger charge is 2.21. The van der Waals surface area contributed by atoms with Crippen molar-refractivity contribution in [3.05, 3.63) is 182 Å². The van der Waals surface area contributed by atoms with E-state index in [2.05, 4.69) is 138 Å². The minimum Gasteiger partial charge on any atom is -0.456 e. The summed E-state index contributed by atoms with van der Waals surface area (Å²) in [5, 5.41) is 7.00. The molecule has 0 N–H and O–H groups in total. The Hall–Kier alpha value is -7.41. The Morgan fingerprint density at radius 3 is 1.95 bits per heavy atom. The minimum absolute atomic E-state index is 0.589. The number of rotatable bonds is 5. The maximum atomic E-state index is 6.59. The molecule has 0 aliphatic heterocycles. The van der Waals surface area contributed by atoms with Crippen LogP contribution in [0.1, 0.15) is 0 Å². The van der Waals surface area contributed by atoms with Crippen molar-refractivity contribution in [2.75, 3.05) is 0 Å². The van der Waals surface area contributed by atoms with Gasteiger partial charge in [0.05, 0.1) is 15.7 Å². The molecule has 57 heavy (non-hydrogen) atoms. The topological polar surface area (TPSA) is 56.7 Å². The molecule has 0 atom stereocenters. The van der Waals surface area contributed by atoms with E-state index in [1.165, 1.54) is 36.5 Å². The molecule has 12 rings (SSSR count). The second-order valence-electron chi connectivity index (χ2n) is 14.4. The zero-order chi connectivity index (χ0) is 37.5. The molecule has 6 heteroatoms. The molecule has 0 saturated heterocycles. The van der Waals surface area contributed by atoms with Gasteiger partial charge in [-0.25, -0.2) is 15.0 Å². The quantitative estimate of drug-likeness (QED) is 0.176. The van der Waals surface area contributed by atoms with Crippen molar-refractivity contribution in [3.63, 3.8) is 0 Å². The van der Waals surface area contributed by atoms with E-state index >= 15 is 0 Å². The van der Waals surface area contributed by atoms with Gasteiger partial charge in [-0.1, -0.05) is 140 Å². The van der Waals surface area contributed by atoms with Crippen LogP contribution in [0.4, 0.5) is 0 Å². The molecule has 0 fully saturated rings. The molecular formula is C51H30N4OS. The van der Waals surface area contributed by atoms with Gasteiger partial charge in [0.25, 0.3) is 0 Å². The lowest BCUT2D eigenvalue weighted by molar-refractivity contribution is 0.669. The first-order valence-electron chi connectivity index (χ1n) is 19.0. The van der Waals surface area contributed by atoms with Gasteiger partial charge in [-0.05, 0) is 53.6 Å². The van der Waals surface area contributed by atoms with E-state index in [4.69, 9.17) is 19.4 Å². The Balaban J connectivity index is 1.10. The Labute approximate surface area is 330 Å². The lowest BCUT2D eigenvalue weighted by Crippen LogP contribution is -2.00. The maximum Gasteiger partial charge on any atom is 0.164 e. The first-order valence-corrected chi connectivity index (χ1v) is 19.8. The van der Waals surface area contributed by atoms with Crippen molar-refractivity contribution in [1.82, 2.24) is 19.5 Å². The number of nitrogens with zero attached hydrogens (tertiary/aromatic N) is 4. The van der Waals surface area contributed by atoms with Crippen molar-refractivity contribution in [1.29, 1.82) is 0 Å². The van der Waals surface area contributed by atoms with Crippen LogP contribution in [-0.2, 0) is 0 Å². The van der Waals surface area contributed by atoms with Crippen molar-refractivity contribution >= 4 is 75.3 Å². The molecule has 266 valence electrons. The Bertz CT molecular complexity index is 3530. The minimum atomic E-state index is 0.589. The number of hydrogen-bond acceptors (Lipinski definition) is 5. The van der Waals surface area contributed by atoms with Crippen LogP contribution in [0.5, 0.6) is 0 Å². The lowest BCUT2D eigenvalue weighted by atomic mass is 10.0. The van der Waals surface area contributed by atoms with Gasteiger partial charge in [-0.3, -0.25) is 0 Å². The van der Waals surface area contributed by atoms with E-state index in [1.54, 1.807) is 0 Å². The van der Waals surface area contributed by atoms with Gasteiger partial charge >= 0.3 is 0 Å². The molecule has 0 radical (unpaired) electrons. The summed E-state index contributed by atoms with van der Waals surface area (Å²) < 4.78 is 11.6. The summed E-state index contributed by atoms with van der Waals surface area (Å²) in [7, 11) is 0. The fourth-order valence-electron chi connectivity index (χ4n) is 8.45. The van der Waals surface area contributed by atoms with E-state index in [9.17, 15) is 0 Å². The number of benzene rings is 8. The molecule has 0 spiro atoms. The predicted molar refractivity (Wildman–Crippen MR) is 236 cm³/mol.